The second-order valence-corrected chi connectivity index (χ2v) is 5.34. The van der Waals surface area contributed by atoms with Gasteiger partial charge in [-0.25, -0.2) is 0 Å². The summed E-state index contributed by atoms with van der Waals surface area (Å²) in [6.45, 7) is 5.36. The van der Waals surface area contributed by atoms with Crippen LogP contribution < -0.4 is 5.73 Å². The van der Waals surface area contributed by atoms with Crippen molar-refractivity contribution in [1.82, 2.24) is 4.90 Å². The maximum absolute atomic E-state index is 12.3. The van der Waals surface area contributed by atoms with Crippen LogP contribution in [0.1, 0.15) is 39.5 Å². The van der Waals surface area contributed by atoms with Gasteiger partial charge in [-0.1, -0.05) is 13.3 Å². The third-order valence-electron chi connectivity index (χ3n) is 3.59. The Bertz CT molecular complexity index is 266. The number of amides is 1. The number of hydrogen-bond donors (Lipinski definition) is 1. The summed E-state index contributed by atoms with van der Waals surface area (Å²) in [5.74, 6) is 0.0922. The van der Waals surface area contributed by atoms with Gasteiger partial charge in [0.2, 0.25) is 5.91 Å². The Morgan fingerprint density at radius 1 is 1.44 bits per heavy atom. The average Bonchev–Trinajstić information content (AvgIpc) is 2.56. The number of nitrogens with zero attached hydrogens (tertiary/aromatic N) is 1. The fraction of sp³-hybridized carbons (Fsp3) is 0.917. The number of fused-ring (bicyclic) bond motifs is 2. The third-order valence-corrected chi connectivity index (χ3v) is 3.59. The molecule has 2 saturated heterocycles. The normalized spacial score (nSPS) is 32.6. The predicted molar refractivity (Wildman–Crippen MR) is 62.0 cm³/mol. The molecule has 0 aromatic carbocycles. The van der Waals surface area contributed by atoms with Gasteiger partial charge in [0.1, 0.15) is 0 Å². The van der Waals surface area contributed by atoms with Crippen molar-refractivity contribution in [2.24, 2.45) is 5.73 Å². The standard InChI is InChI=1S/C12H22N2O2/c1-3-6-12(2,13)11(15)14-7-9-4-5-10(8-14)16-9/h9-10H,3-8,13H2,1-2H3. The van der Waals surface area contributed by atoms with E-state index in [0.717, 1.165) is 38.8 Å². The van der Waals surface area contributed by atoms with Crippen molar-refractivity contribution in [2.45, 2.75) is 57.3 Å². The van der Waals surface area contributed by atoms with E-state index in [1.807, 2.05) is 11.8 Å². The molecule has 0 spiro atoms. The molecule has 92 valence electrons. The first kappa shape index (κ1) is 11.9. The van der Waals surface area contributed by atoms with Crippen LogP contribution in [0.5, 0.6) is 0 Å². The maximum atomic E-state index is 12.3. The van der Waals surface area contributed by atoms with E-state index in [2.05, 4.69) is 6.92 Å². The van der Waals surface area contributed by atoms with E-state index in [0.29, 0.717) is 0 Å². The van der Waals surface area contributed by atoms with Crippen molar-refractivity contribution < 1.29 is 9.53 Å². The first-order valence-electron chi connectivity index (χ1n) is 6.26. The summed E-state index contributed by atoms with van der Waals surface area (Å²) < 4.78 is 5.72. The molecule has 3 atom stereocenters. The number of hydrogen-bond acceptors (Lipinski definition) is 3. The molecule has 2 bridgehead atoms. The molecule has 0 saturated carbocycles. The highest BCUT2D eigenvalue weighted by molar-refractivity contribution is 5.85. The molecule has 2 N–H and O–H groups in total. The third kappa shape index (κ3) is 2.23. The Morgan fingerprint density at radius 2 is 2.00 bits per heavy atom. The van der Waals surface area contributed by atoms with Crippen molar-refractivity contribution in [3.05, 3.63) is 0 Å². The molecule has 2 aliphatic heterocycles. The molecular weight excluding hydrogens is 204 g/mol. The lowest BCUT2D eigenvalue weighted by Crippen LogP contribution is -2.57. The van der Waals surface area contributed by atoms with Gasteiger partial charge in [-0.05, 0) is 26.2 Å². The van der Waals surface area contributed by atoms with Crippen LogP contribution in [0.25, 0.3) is 0 Å². The fourth-order valence-corrected chi connectivity index (χ4v) is 2.77. The van der Waals surface area contributed by atoms with E-state index >= 15 is 0 Å². The van der Waals surface area contributed by atoms with Crippen LogP contribution in [0.15, 0.2) is 0 Å². The minimum atomic E-state index is -0.703. The number of ether oxygens (including phenoxy) is 1. The van der Waals surface area contributed by atoms with Gasteiger partial charge in [0.05, 0.1) is 17.7 Å². The number of carbonyl (C=O) groups is 1. The molecule has 3 unspecified atom stereocenters. The molecule has 4 heteroatoms. The lowest BCUT2D eigenvalue weighted by molar-refractivity contribution is -0.145. The minimum absolute atomic E-state index is 0.0922. The van der Waals surface area contributed by atoms with Crippen molar-refractivity contribution in [3.8, 4) is 0 Å². The van der Waals surface area contributed by atoms with E-state index in [9.17, 15) is 4.79 Å². The van der Waals surface area contributed by atoms with E-state index in [-0.39, 0.29) is 18.1 Å². The van der Waals surface area contributed by atoms with Gasteiger partial charge >= 0.3 is 0 Å². The lowest BCUT2D eigenvalue weighted by atomic mass is 9.95. The molecule has 2 rings (SSSR count). The summed E-state index contributed by atoms with van der Waals surface area (Å²) in [6.07, 6.45) is 4.36. The smallest absolute Gasteiger partial charge is 0.242 e. The highest BCUT2D eigenvalue weighted by Gasteiger charge is 2.40. The molecule has 2 heterocycles. The summed E-state index contributed by atoms with van der Waals surface area (Å²) in [6, 6.07) is 0. The van der Waals surface area contributed by atoms with E-state index in [1.165, 1.54) is 0 Å². The monoisotopic (exact) mass is 226 g/mol. The maximum Gasteiger partial charge on any atom is 0.242 e. The van der Waals surface area contributed by atoms with Gasteiger partial charge in [-0.2, -0.15) is 0 Å². The van der Waals surface area contributed by atoms with Crippen molar-refractivity contribution in [2.75, 3.05) is 13.1 Å². The predicted octanol–water partition coefficient (Wildman–Crippen LogP) is 0.894. The topological polar surface area (TPSA) is 55.6 Å². The van der Waals surface area contributed by atoms with Gasteiger partial charge in [0.25, 0.3) is 0 Å². The Hall–Kier alpha value is -0.610. The van der Waals surface area contributed by atoms with Gasteiger partial charge in [0, 0.05) is 13.1 Å². The molecule has 2 fully saturated rings. The highest BCUT2D eigenvalue weighted by atomic mass is 16.5. The molecule has 1 amide bonds. The SMILES string of the molecule is CCCC(C)(N)C(=O)N1CC2CCC(C1)O2. The Labute approximate surface area is 97.1 Å². The molecule has 0 aromatic rings. The zero-order valence-electron chi connectivity index (χ0n) is 10.2. The van der Waals surface area contributed by atoms with Gasteiger partial charge in [0.15, 0.2) is 0 Å². The summed E-state index contributed by atoms with van der Waals surface area (Å²) in [5.41, 5.74) is 5.38. The largest absolute Gasteiger partial charge is 0.371 e. The second-order valence-electron chi connectivity index (χ2n) is 5.34. The number of likely N-dealkylation sites (tertiary alicyclic amines) is 1. The number of carbonyl (C=O) groups excluding carboxylic acids is 1. The van der Waals surface area contributed by atoms with Crippen LogP contribution in [-0.2, 0) is 9.53 Å². The lowest BCUT2D eigenvalue weighted by Gasteiger charge is -2.37. The average molecular weight is 226 g/mol. The molecule has 0 aromatic heterocycles. The van der Waals surface area contributed by atoms with Crippen LogP contribution >= 0.6 is 0 Å². The Morgan fingerprint density at radius 3 is 2.50 bits per heavy atom. The van der Waals surface area contributed by atoms with Crippen LogP contribution in [0.2, 0.25) is 0 Å². The first-order valence-corrected chi connectivity index (χ1v) is 6.26. The second kappa shape index (κ2) is 4.34. The summed E-state index contributed by atoms with van der Waals surface area (Å²) >= 11 is 0. The van der Waals surface area contributed by atoms with Crippen molar-refractivity contribution >= 4 is 5.91 Å². The summed E-state index contributed by atoms with van der Waals surface area (Å²) in [5, 5.41) is 0. The van der Waals surface area contributed by atoms with Crippen LogP contribution in [0.4, 0.5) is 0 Å². The van der Waals surface area contributed by atoms with Crippen molar-refractivity contribution in [1.29, 1.82) is 0 Å². The Kier molecular flexibility index (Phi) is 3.22. The summed E-state index contributed by atoms with van der Waals surface area (Å²) in [4.78, 5) is 14.2. The molecule has 4 nitrogen and oxygen atoms in total. The van der Waals surface area contributed by atoms with Crippen LogP contribution in [0, 0.1) is 0 Å². The van der Waals surface area contributed by atoms with E-state index in [4.69, 9.17) is 10.5 Å². The number of rotatable bonds is 3. The zero-order valence-corrected chi connectivity index (χ0v) is 10.2. The molecular formula is C12H22N2O2. The molecule has 16 heavy (non-hydrogen) atoms. The quantitative estimate of drug-likeness (QED) is 0.777. The fourth-order valence-electron chi connectivity index (χ4n) is 2.77. The molecule has 2 aliphatic rings. The van der Waals surface area contributed by atoms with E-state index in [1.54, 1.807) is 0 Å². The highest BCUT2D eigenvalue weighted by Crippen LogP contribution is 2.27. The van der Waals surface area contributed by atoms with Crippen LogP contribution in [0.3, 0.4) is 0 Å². The van der Waals surface area contributed by atoms with Gasteiger partial charge < -0.3 is 15.4 Å². The number of morpholine rings is 1. The molecule has 0 radical (unpaired) electrons. The van der Waals surface area contributed by atoms with Gasteiger partial charge in [-0.15, -0.1) is 0 Å². The first-order chi connectivity index (χ1) is 7.53. The van der Waals surface area contributed by atoms with Crippen molar-refractivity contribution in [3.63, 3.8) is 0 Å². The van der Waals surface area contributed by atoms with Gasteiger partial charge in [-0.3, -0.25) is 4.79 Å². The summed E-state index contributed by atoms with van der Waals surface area (Å²) in [7, 11) is 0. The number of nitrogens with two attached hydrogens (primary N) is 1. The molecule has 0 aliphatic carbocycles. The van der Waals surface area contributed by atoms with Crippen LogP contribution in [-0.4, -0.2) is 41.6 Å². The Balaban J connectivity index is 1.99. The zero-order chi connectivity index (χ0) is 11.8. The van der Waals surface area contributed by atoms with E-state index < -0.39 is 5.54 Å². The minimum Gasteiger partial charge on any atom is -0.371 e.